The molecule has 0 unspecified atom stereocenters. The Hall–Kier alpha value is -5.04. The molecule has 2 heterocycles. The van der Waals surface area contributed by atoms with Crippen LogP contribution in [0.3, 0.4) is 0 Å². The Bertz CT molecular complexity index is 2340. The maximum Gasteiger partial charge on any atom is 0.349 e. The second kappa shape index (κ2) is 17.9. The van der Waals surface area contributed by atoms with Crippen molar-refractivity contribution in [2.24, 2.45) is 0 Å². The number of hydrogen-bond acceptors (Lipinski definition) is 14. The molecule has 2 aliphatic heterocycles. The fourth-order valence-corrected chi connectivity index (χ4v) is 10.3. The lowest BCUT2D eigenvalue weighted by Crippen LogP contribution is -2.67. The quantitative estimate of drug-likeness (QED) is 0.173. The van der Waals surface area contributed by atoms with Gasteiger partial charge in [0.2, 0.25) is 16.7 Å². The summed E-state index contributed by atoms with van der Waals surface area (Å²) in [6, 6.07) is 23.8. The van der Waals surface area contributed by atoms with Crippen molar-refractivity contribution in [3.63, 3.8) is 0 Å². The molecule has 0 spiro atoms. The van der Waals surface area contributed by atoms with E-state index in [-0.39, 0.29) is 30.2 Å². The minimum absolute atomic E-state index is 0.0238. The SMILES string of the molecule is CC(=O)N[C@H]1[C@H]([C@H](O)[C@H]2COC(C)(C)O2)O[C@@](Sc2ccc(N(C(C)=O)S(=O)(=O)c3cccc4c(N(C)C)cccc34)cc2)(C(=O)OCc2ccccc2)C[C@@H]1OC(C)=O. The van der Waals surface area contributed by atoms with E-state index in [4.69, 9.17) is 23.7 Å². The minimum Gasteiger partial charge on any atom is -0.460 e. The van der Waals surface area contributed by atoms with Gasteiger partial charge in [0.05, 0.1) is 23.2 Å². The molecule has 6 atom stereocenters. The molecule has 0 aromatic heterocycles. The number of fused-ring (bicyclic) bond motifs is 1. The zero-order valence-electron chi connectivity index (χ0n) is 34.3. The molecule has 0 bridgehead atoms. The zero-order valence-corrected chi connectivity index (χ0v) is 36.0. The maximum absolute atomic E-state index is 14.5. The lowest BCUT2D eigenvalue weighted by atomic mass is 9.89. The number of thioether (sulfide) groups is 1. The highest BCUT2D eigenvalue weighted by atomic mass is 32.2. The third-order valence-corrected chi connectivity index (χ3v) is 13.1. The minimum atomic E-state index is -4.46. The molecule has 2 amide bonds. The number of hydrogen-bond donors (Lipinski definition) is 2. The molecule has 2 aliphatic rings. The monoisotopic (exact) mass is 863 g/mol. The molecule has 17 heteroatoms. The topological polar surface area (TPSA) is 187 Å². The lowest BCUT2D eigenvalue weighted by molar-refractivity contribution is -0.219. The van der Waals surface area contributed by atoms with Crippen molar-refractivity contribution in [3.8, 4) is 0 Å². The first kappa shape index (κ1) is 44.5. The summed E-state index contributed by atoms with van der Waals surface area (Å²) in [7, 11) is -0.763. The number of nitrogens with zero attached hydrogens (tertiary/aromatic N) is 2. The number of anilines is 2. The third-order valence-electron chi connectivity index (χ3n) is 10.0. The van der Waals surface area contributed by atoms with Crippen LogP contribution in [0.4, 0.5) is 11.4 Å². The number of carbonyl (C=O) groups is 4. The number of nitrogens with one attached hydrogen (secondary N) is 1. The van der Waals surface area contributed by atoms with Crippen LogP contribution in [0.15, 0.2) is 101 Å². The van der Waals surface area contributed by atoms with Gasteiger partial charge in [-0.05, 0) is 55.8 Å². The number of ether oxygens (including phenoxy) is 5. The summed E-state index contributed by atoms with van der Waals surface area (Å²) in [5.41, 5.74) is 1.49. The molecule has 0 aliphatic carbocycles. The average Bonchev–Trinajstić information content (AvgIpc) is 3.56. The highest BCUT2D eigenvalue weighted by molar-refractivity contribution is 8.01. The van der Waals surface area contributed by atoms with Crippen LogP contribution >= 0.6 is 11.8 Å². The second-order valence-corrected chi connectivity index (χ2v) is 18.3. The second-order valence-electron chi connectivity index (χ2n) is 15.2. The summed E-state index contributed by atoms with van der Waals surface area (Å²) in [6.07, 6.45) is -5.49. The Balaban J connectivity index is 1.40. The predicted molar refractivity (Wildman–Crippen MR) is 223 cm³/mol. The van der Waals surface area contributed by atoms with Crippen molar-refractivity contribution < 1.29 is 56.4 Å². The van der Waals surface area contributed by atoms with Crippen LogP contribution in [-0.4, -0.2) is 99.2 Å². The lowest BCUT2D eigenvalue weighted by Gasteiger charge is -2.48. The first-order valence-corrected chi connectivity index (χ1v) is 21.4. The van der Waals surface area contributed by atoms with Crippen LogP contribution in [0.5, 0.6) is 0 Å². The van der Waals surface area contributed by atoms with E-state index in [9.17, 15) is 32.7 Å². The Kier molecular flexibility index (Phi) is 13.3. The van der Waals surface area contributed by atoms with E-state index in [1.165, 1.54) is 44.2 Å². The van der Waals surface area contributed by atoms with Gasteiger partial charge < -0.3 is 39.0 Å². The molecule has 15 nitrogen and oxygen atoms in total. The average molecular weight is 864 g/mol. The largest absolute Gasteiger partial charge is 0.460 e. The van der Waals surface area contributed by atoms with Gasteiger partial charge >= 0.3 is 11.9 Å². The number of rotatable bonds is 13. The van der Waals surface area contributed by atoms with E-state index in [1.807, 2.05) is 37.2 Å². The molecule has 0 radical (unpaired) electrons. The summed E-state index contributed by atoms with van der Waals surface area (Å²) in [5, 5.41) is 15.7. The first-order chi connectivity index (χ1) is 28.3. The number of carbonyl (C=O) groups excluding carboxylic acids is 4. The van der Waals surface area contributed by atoms with Gasteiger partial charge in [-0.2, -0.15) is 0 Å². The van der Waals surface area contributed by atoms with Gasteiger partial charge in [0.1, 0.15) is 31.0 Å². The number of benzene rings is 4. The van der Waals surface area contributed by atoms with Crippen LogP contribution in [-0.2, 0) is 59.5 Å². The Labute approximate surface area is 353 Å². The zero-order chi connectivity index (χ0) is 43.6. The number of amides is 2. The first-order valence-electron chi connectivity index (χ1n) is 19.2. The summed E-state index contributed by atoms with van der Waals surface area (Å²) < 4.78 is 59.4. The van der Waals surface area contributed by atoms with Crippen molar-refractivity contribution >= 4 is 67.7 Å². The van der Waals surface area contributed by atoms with Crippen LogP contribution < -0.4 is 14.5 Å². The smallest absolute Gasteiger partial charge is 0.349 e. The van der Waals surface area contributed by atoms with Gasteiger partial charge in [-0.15, -0.1) is 0 Å². The van der Waals surface area contributed by atoms with Crippen LogP contribution in [0.1, 0.15) is 46.6 Å². The number of sulfonamides is 1. The molecule has 2 fully saturated rings. The molecule has 6 rings (SSSR count). The summed E-state index contributed by atoms with van der Waals surface area (Å²) >= 11 is 0.868. The van der Waals surface area contributed by atoms with Crippen molar-refractivity contribution in [1.82, 2.24) is 5.32 Å². The van der Waals surface area contributed by atoms with E-state index in [0.717, 1.165) is 24.4 Å². The van der Waals surface area contributed by atoms with Crippen molar-refractivity contribution in [2.75, 3.05) is 29.9 Å². The Morgan fingerprint density at radius 1 is 0.900 bits per heavy atom. The van der Waals surface area contributed by atoms with Gasteiger partial charge in [-0.1, -0.05) is 66.4 Å². The molecule has 2 N–H and O–H groups in total. The Morgan fingerprint density at radius 3 is 2.17 bits per heavy atom. The molecule has 2 saturated heterocycles. The van der Waals surface area contributed by atoms with Crippen molar-refractivity contribution in [3.05, 3.63) is 96.6 Å². The van der Waals surface area contributed by atoms with E-state index in [2.05, 4.69) is 5.32 Å². The van der Waals surface area contributed by atoms with Crippen LogP contribution in [0, 0.1) is 0 Å². The van der Waals surface area contributed by atoms with Crippen LogP contribution in [0.2, 0.25) is 0 Å². The number of aliphatic hydroxyl groups excluding tert-OH is 1. The van der Waals surface area contributed by atoms with Gasteiger partial charge in [-0.25, -0.2) is 17.5 Å². The van der Waals surface area contributed by atoms with Gasteiger partial charge in [-0.3, -0.25) is 14.4 Å². The van der Waals surface area contributed by atoms with Gasteiger partial charge in [0.25, 0.3) is 10.0 Å². The highest BCUT2D eigenvalue weighted by Gasteiger charge is 2.58. The standard InChI is InChI=1S/C43H49N3O12S2/c1-26(47)44-38-35(56-28(3)49)23-43(41(51)54-24-29-13-9-8-10-14-29,58-40(38)39(50)36-25-55-42(4,5)57-36)59-31-21-19-30(20-22-31)46(27(2)48)60(52,53)37-18-12-15-32-33(37)16-11-17-34(32)45(6)7/h8-22,35-36,38-40,50H,23-25H2,1-7H3,(H,44,47)/t35-,36+,38+,39+,40+,43-/m0/s1. The molecule has 60 heavy (non-hydrogen) atoms. The Morgan fingerprint density at radius 2 is 1.57 bits per heavy atom. The molecule has 320 valence electrons. The predicted octanol–water partition coefficient (Wildman–Crippen LogP) is 4.92. The molecule has 0 saturated carbocycles. The van der Waals surface area contributed by atoms with E-state index >= 15 is 0 Å². The van der Waals surface area contributed by atoms with Gasteiger partial charge in [0.15, 0.2) is 5.79 Å². The summed E-state index contributed by atoms with van der Waals surface area (Å²) in [6.45, 7) is 6.71. The maximum atomic E-state index is 14.5. The van der Waals surface area contributed by atoms with Crippen molar-refractivity contribution in [2.45, 2.75) is 98.6 Å². The van der Waals surface area contributed by atoms with Crippen LogP contribution in [0.25, 0.3) is 10.8 Å². The van der Waals surface area contributed by atoms with Crippen molar-refractivity contribution in [1.29, 1.82) is 0 Å². The van der Waals surface area contributed by atoms with E-state index in [1.54, 1.807) is 56.3 Å². The highest BCUT2D eigenvalue weighted by Crippen LogP contribution is 2.47. The normalized spacial score (nSPS) is 23.0. The molecular formula is C43H49N3O12S2. The van der Waals surface area contributed by atoms with E-state index in [0.29, 0.717) is 25.5 Å². The summed E-state index contributed by atoms with van der Waals surface area (Å²) in [4.78, 5) is 53.0. The number of esters is 2. The fraction of sp³-hybridized carbons (Fsp3) is 0.395. The summed E-state index contributed by atoms with van der Waals surface area (Å²) in [5.74, 6) is -3.95. The van der Waals surface area contributed by atoms with E-state index < -0.39 is 75.0 Å². The third kappa shape index (κ3) is 9.61. The molecule has 4 aromatic rings. The molecular weight excluding hydrogens is 815 g/mol. The molecule has 4 aromatic carbocycles. The number of aliphatic hydroxyl groups is 1. The van der Waals surface area contributed by atoms with Gasteiger partial charge in [0, 0.05) is 62.6 Å². The fourth-order valence-electron chi connectivity index (χ4n) is 7.44.